The summed E-state index contributed by atoms with van der Waals surface area (Å²) < 4.78 is 10.8. The van der Waals surface area contributed by atoms with Crippen LogP contribution in [0.25, 0.3) is 0 Å². The van der Waals surface area contributed by atoms with E-state index in [1.807, 2.05) is 37.3 Å². The Labute approximate surface area is 134 Å². The molecule has 0 spiro atoms. The fourth-order valence-corrected chi connectivity index (χ4v) is 3.77. The summed E-state index contributed by atoms with van der Waals surface area (Å²) in [5, 5.41) is 0. The molecular weight excluding hydrogens is 300 g/mol. The SMILES string of the molecule is CC(=O)OC([SiH3])C(C(C)N)C(OC(C)=O)c1ccccc1.N. The van der Waals surface area contributed by atoms with Gasteiger partial charge in [-0.3, -0.25) is 9.59 Å². The number of hydrogen-bond donors (Lipinski definition) is 2. The first-order valence-electron chi connectivity index (χ1n) is 6.98. The zero-order chi connectivity index (χ0) is 16.0. The number of carbonyl (C=O) groups is 2. The minimum absolute atomic E-state index is 0. The van der Waals surface area contributed by atoms with E-state index in [2.05, 4.69) is 0 Å². The monoisotopic (exact) mass is 326 g/mol. The van der Waals surface area contributed by atoms with Crippen LogP contribution in [0.2, 0.25) is 0 Å². The van der Waals surface area contributed by atoms with Crippen molar-refractivity contribution in [2.45, 2.75) is 38.6 Å². The topological polar surface area (TPSA) is 114 Å². The van der Waals surface area contributed by atoms with Crippen molar-refractivity contribution in [3.63, 3.8) is 0 Å². The molecule has 6 nitrogen and oxygen atoms in total. The predicted octanol–water partition coefficient (Wildman–Crippen LogP) is 0.671. The van der Waals surface area contributed by atoms with Gasteiger partial charge in [0.25, 0.3) is 0 Å². The minimum atomic E-state index is -0.523. The van der Waals surface area contributed by atoms with E-state index in [4.69, 9.17) is 15.2 Å². The summed E-state index contributed by atoms with van der Waals surface area (Å²) in [5.74, 6) is -1.01. The van der Waals surface area contributed by atoms with E-state index < -0.39 is 6.10 Å². The van der Waals surface area contributed by atoms with Crippen molar-refractivity contribution >= 4 is 22.2 Å². The van der Waals surface area contributed by atoms with Gasteiger partial charge in [0.1, 0.15) is 6.10 Å². The molecule has 4 atom stereocenters. The normalized spacial score (nSPS) is 15.8. The van der Waals surface area contributed by atoms with Crippen molar-refractivity contribution < 1.29 is 19.1 Å². The van der Waals surface area contributed by atoms with Gasteiger partial charge < -0.3 is 21.4 Å². The highest BCUT2D eigenvalue weighted by atomic mass is 28.1. The molecule has 0 radical (unpaired) electrons. The molecule has 0 saturated carbocycles. The quantitative estimate of drug-likeness (QED) is 0.587. The predicted molar refractivity (Wildman–Crippen MR) is 88.6 cm³/mol. The van der Waals surface area contributed by atoms with Gasteiger partial charge in [0.2, 0.25) is 0 Å². The summed E-state index contributed by atoms with van der Waals surface area (Å²) in [7, 11) is 0.603. The fourth-order valence-electron chi connectivity index (χ4n) is 2.48. The highest BCUT2D eigenvalue weighted by Gasteiger charge is 2.35. The maximum atomic E-state index is 11.4. The highest BCUT2D eigenvalue weighted by molar-refractivity contribution is 6.12. The van der Waals surface area contributed by atoms with Gasteiger partial charge in [0, 0.05) is 25.8 Å². The lowest BCUT2D eigenvalue weighted by atomic mass is 9.90. The molecule has 0 amide bonds. The van der Waals surface area contributed by atoms with E-state index in [1.54, 1.807) is 0 Å². The second kappa shape index (κ2) is 9.34. The van der Waals surface area contributed by atoms with Crippen LogP contribution in [0.5, 0.6) is 0 Å². The van der Waals surface area contributed by atoms with Crippen LogP contribution < -0.4 is 11.9 Å². The van der Waals surface area contributed by atoms with E-state index >= 15 is 0 Å². The largest absolute Gasteiger partial charge is 0.467 e. The second-order valence-electron chi connectivity index (χ2n) is 5.19. The molecule has 1 aromatic carbocycles. The molecule has 1 rings (SSSR count). The molecule has 0 fully saturated rings. The van der Waals surface area contributed by atoms with Crippen molar-refractivity contribution in [3.8, 4) is 0 Å². The highest BCUT2D eigenvalue weighted by Crippen LogP contribution is 2.31. The number of hydrogen-bond acceptors (Lipinski definition) is 6. The van der Waals surface area contributed by atoms with Crippen LogP contribution in [0.1, 0.15) is 32.4 Å². The van der Waals surface area contributed by atoms with E-state index in [9.17, 15) is 9.59 Å². The number of esters is 2. The van der Waals surface area contributed by atoms with E-state index in [0.717, 1.165) is 5.56 Å². The van der Waals surface area contributed by atoms with Crippen molar-refractivity contribution in [1.82, 2.24) is 6.15 Å². The van der Waals surface area contributed by atoms with Crippen LogP contribution in [0.15, 0.2) is 30.3 Å². The first-order valence-corrected chi connectivity index (χ1v) is 8.13. The maximum Gasteiger partial charge on any atom is 0.303 e. The van der Waals surface area contributed by atoms with Crippen molar-refractivity contribution in [1.29, 1.82) is 0 Å². The Morgan fingerprint density at radius 2 is 1.59 bits per heavy atom. The van der Waals surface area contributed by atoms with Gasteiger partial charge in [0.05, 0.1) is 16.0 Å². The van der Waals surface area contributed by atoms with Gasteiger partial charge in [0.15, 0.2) is 0 Å². The average Bonchev–Trinajstić information content (AvgIpc) is 2.37. The van der Waals surface area contributed by atoms with Gasteiger partial charge in [-0.2, -0.15) is 0 Å². The van der Waals surface area contributed by atoms with Crippen LogP contribution in [0.4, 0.5) is 0 Å². The average molecular weight is 326 g/mol. The molecule has 0 aliphatic heterocycles. The molecule has 0 aliphatic rings. The van der Waals surface area contributed by atoms with Crippen LogP contribution in [0.3, 0.4) is 0 Å². The van der Waals surface area contributed by atoms with Gasteiger partial charge in [-0.05, 0) is 12.5 Å². The third-order valence-electron chi connectivity index (χ3n) is 3.27. The van der Waals surface area contributed by atoms with Crippen molar-refractivity contribution in [2.24, 2.45) is 11.7 Å². The third-order valence-corrected chi connectivity index (χ3v) is 4.28. The Morgan fingerprint density at radius 1 is 1.09 bits per heavy atom. The molecule has 0 aromatic heterocycles. The van der Waals surface area contributed by atoms with Gasteiger partial charge in [-0.15, -0.1) is 0 Å². The molecule has 124 valence electrons. The molecule has 0 saturated heterocycles. The molecular formula is C15H26N2O4Si. The smallest absolute Gasteiger partial charge is 0.303 e. The van der Waals surface area contributed by atoms with Crippen LogP contribution in [-0.4, -0.2) is 34.0 Å². The summed E-state index contributed by atoms with van der Waals surface area (Å²) in [4.78, 5) is 22.7. The lowest BCUT2D eigenvalue weighted by molar-refractivity contribution is -0.156. The number of ether oxygens (including phenoxy) is 2. The molecule has 7 heteroatoms. The minimum Gasteiger partial charge on any atom is -0.467 e. The lowest BCUT2D eigenvalue weighted by Crippen LogP contribution is -2.43. The number of nitrogens with two attached hydrogens (primary N) is 1. The summed E-state index contributed by atoms with van der Waals surface area (Å²) in [5.41, 5.74) is 6.59. The molecule has 1 aromatic rings. The second-order valence-corrected chi connectivity index (χ2v) is 6.33. The summed E-state index contributed by atoms with van der Waals surface area (Å²) in [6, 6.07) is 9.11. The van der Waals surface area contributed by atoms with Crippen LogP contribution >= 0.6 is 0 Å². The summed E-state index contributed by atoms with van der Waals surface area (Å²) in [6.45, 7) is 4.56. The zero-order valence-electron chi connectivity index (χ0n) is 13.6. The Morgan fingerprint density at radius 3 is 2.00 bits per heavy atom. The van der Waals surface area contributed by atoms with E-state index in [1.165, 1.54) is 13.8 Å². The molecule has 22 heavy (non-hydrogen) atoms. The van der Waals surface area contributed by atoms with Gasteiger partial charge >= 0.3 is 11.9 Å². The maximum absolute atomic E-state index is 11.4. The fraction of sp³-hybridized carbons (Fsp3) is 0.467. The summed E-state index contributed by atoms with van der Waals surface area (Å²) in [6.07, 6.45) is -0.523. The first-order chi connectivity index (χ1) is 9.82. The third kappa shape index (κ3) is 5.96. The standard InChI is InChI=1S/C15H23NO4Si.H3N/c1-9(16)13(15(21)20-11(3)18)14(19-10(2)17)12-7-5-4-6-8-12;/h4-9,13-15H,16H2,1-3,21H3;1H3. The first kappa shape index (κ1) is 20.3. The molecule has 0 aliphatic carbocycles. The lowest BCUT2D eigenvalue weighted by Gasteiger charge is -2.33. The van der Waals surface area contributed by atoms with Crippen molar-refractivity contribution in [2.75, 3.05) is 0 Å². The van der Waals surface area contributed by atoms with Crippen LogP contribution in [-0.2, 0) is 19.1 Å². The summed E-state index contributed by atoms with van der Waals surface area (Å²) >= 11 is 0. The molecule has 4 unspecified atom stereocenters. The Hall–Kier alpha value is -1.70. The van der Waals surface area contributed by atoms with E-state index in [0.29, 0.717) is 10.2 Å². The molecule has 0 heterocycles. The number of rotatable bonds is 6. The zero-order valence-corrected chi connectivity index (χ0v) is 15.6. The molecule has 5 N–H and O–H groups in total. The number of carbonyl (C=O) groups excluding carboxylic acids is 2. The van der Waals surface area contributed by atoms with Gasteiger partial charge in [-0.25, -0.2) is 0 Å². The Bertz CT molecular complexity index is 482. The number of benzene rings is 1. The Kier molecular flexibility index (Phi) is 8.62. The van der Waals surface area contributed by atoms with Gasteiger partial charge in [-0.1, -0.05) is 30.3 Å². The van der Waals surface area contributed by atoms with Crippen molar-refractivity contribution in [3.05, 3.63) is 35.9 Å². The van der Waals surface area contributed by atoms with E-state index in [-0.39, 0.29) is 35.8 Å². The Balaban J connectivity index is 0.00000441. The molecule has 0 bridgehead atoms. The van der Waals surface area contributed by atoms with Crippen LogP contribution in [0, 0.1) is 5.92 Å².